The van der Waals surface area contributed by atoms with Crippen LogP contribution in [0.2, 0.25) is 0 Å². The molecule has 0 saturated heterocycles. The van der Waals surface area contributed by atoms with E-state index in [1.165, 1.54) is 48.5 Å². The zero-order valence-corrected chi connectivity index (χ0v) is 14.1. The molecule has 0 aliphatic rings. The lowest BCUT2D eigenvalue weighted by molar-refractivity contribution is -0.385. The monoisotopic (exact) mass is 384 g/mol. The normalized spacial score (nSPS) is 10.4. The zero-order valence-electron chi connectivity index (χ0n) is 13.3. The highest BCUT2D eigenvalue weighted by Crippen LogP contribution is 2.18. The van der Waals surface area contributed by atoms with Crippen molar-refractivity contribution in [3.05, 3.63) is 90.7 Å². The third-order valence-electron chi connectivity index (χ3n) is 3.50. The molecule has 3 rings (SSSR count). The van der Waals surface area contributed by atoms with Gasteiger partial charge in [-0.05, 0) is 35.8 Å². The van der Waals surface area contributed by atoms with E-state index in [2.05, 4.69) is 9.36 Å². The fourth-order valence-electron chi connectivity index (χ4n) is 2.13. The molecule has 0 spiro atoms. The number of non-ortho nitro benzene ring substituents is 2. The molecule has 0 aliphatic carbocycles. The maximum Gasteiger partial charge on any atom is 0.269 e. The molecule has 0 unspecified atom stereocenters. The molecule has 10 nitrogen and oxygen atoms in total. The first kappa shape index (κ1) is 17.9. The van der Waals surface area contributed by atoms with Crippen LogP contribution in [-0.4, -0.2) is 30.8 Å². The highest BCUT2D eigenvalue weighted by Gasteiger charge is 2.21. The Hall–Kier alpha value is -3.86. The Morgan fingerprint density at radius 3 is 1.67 bits per heavy atom. The fraction of sp³-hybridized carbons (Fsp3) is 0. The lowest BCUT2D eigenvalue weighted by atomic mass is 10.1. The van der Waals surface area contributed by atoms with Gasteiger partial charge in [0.05, 0.1) is 9.85 Å². The molecule has 0 aliphatic heterocycles. The first-order valence-electron chi connectivity index (χ1n) is 7.29. The Balaban J connectivity index is 1.81. The molecule has 0 N–H and O–H groups in total. The second kappa shape index (κ2) is 7.17. The van der Waals surface area contributed by atoms with Gasteiger partial charge in [-0.25, -0.2) is 4.98 Å². The van der Waals surface area contributed by atoms with Crippen molar-refractivity contribution in [2.75, 3.05) is 0 Å². The number of nitro groups is 2. The molecule has 0 bridgehead atoms. The number of benzene rings is 2. The van der Waals surface area contributed by atoms with Gasteiger partial charge in [-0.1, -0.05) is 0 Å². The van der Waals surface area contributed by atoms with Crippen LogP contribution in [0.4, 0.5) is 11.4 Å². The Bertz CT molecular complexity index is 975. The van der Waals surface area contributed by atoms with Crippen molar-refractivity contribution >= 4 is 34.5 Å². The summed E-state index contributed by atoms with van der Waals surface area (Å²) in [7, 11) is 0. The molecule has 134 valence electrons. The summed E-state index contributed by atoms with van der Waals surface area (Å²) < 4.78 is 3.86. The van der Waals surface area contributed by atoms with E-state index in [0.717, 1.165) is 11.5 Å². The summed E-state index contributed by atoms with van der Waals surface area (Å²) in [5.74, 6) is -1.31. The smallest absolute Gasteiger partial charge is 0.269 e. The minimum Gasteiger partial charge on any atom is -0.286 e. The van der Waals surface area contributed by atoms with Gasteiger partial charge in [0, 0.05) is 35.4 Å². The van der Waals surface area contributed by atoms with Crippen molar-refractivity contribution in [3.63, 3.8) is 0 Å². The molecule has 0 radical (unpaired) electrons. The van der Waals surface area contributed by atoms with Crippen molar-refractivity contribution in [1.29, 1.82) is 0 Å². The largest absolute Gasteiger partial charge is 0.286 e. The third kappa shape index (κ3) is 3.72. The van der Waals surface area contributed by atoms with E-state index in [1.54, 1.807) is 0 Å². The molecule has 2 aromatic carbocycles. The Kier molecular flexibility index (Phi) is 4.77. The molecule has 11 heteroatoms. The minimum atomic E-state index is -0.587. The van der Waals surface area contributed by atoms with Crippen LogP contribution in [0.1, 0.15) is 31.5 Å². The van der Waals surface area contributed by atoms with E-state index in [1.807, 2.05) is 0 Å². The molecular formula is C16H8N4O6S. The van der Waals surface area contributed by atoms with Crippen LogP contribution in [-0.2, 0) is 0 Å². The van der Waals surface area contributed by atoms with Gasteiger partial charge in [-0.15, -0.1) is 0 Å². The van der Waals surface area contributed by atoms with Gasteiger partial charge in [0.1, 0.15) is 0 Å². The van der Waals surface area contributed by atoms with Crippen LogP contribution >= 0.6 is 11.5 Å². The predicted molar refractivity (Wildman–Crippen MR) is 93.0 cm³/mol. The number of carbonyl (C=O) groups excluding carboxylic acids is 2. The lowest BCUT2D eigenvalue weighted by Crippen LogP contribution is -2.06. The fourth-order valence-corrected chi connectivity index (χ4v) is 2.75. The van der Waals surface area contributed by atoms with Gasteiger partial charge >= 0.3 is 0 Å². The van der Waals surface area contributed by atoms with Crippen LogP contribution in [0.15, 0.2) is 48.5 Å². The zero-order chi connectivity index (χ0) is 19.6. The van der Waals surface area contributed by atoms with Crippen molar-refractivity contribution in [3.8, 4) is 0 Å². The average Bonchev–Trinajstić information content (AvgIpc) is 3.17. The number of nitrogens with zero attached hydrogens (tertiary/aromatic N) is 4. The summed E-state index contributed by atoms with van der Waals surface area (Å²) in [6.07, 6.45) is 0. The molecule has 0 saturated carbocycles. The van der Waals surface area contributed by atoms with Crippen LogP contribution in [0.5, 0.6) is 0 Å². The second-order valence-corrected chi connectivity index (χ2v) is 5.94. The van der Waals surface area contributed by atoms with Crippen LogP contribution in [0.25, 0.3) is 0 Å². The molecule has 0 amide bonds. The lowest BCUT2D eigenvalue weighted by Gasteiger charge is -1.97. The molecule has 3 aromatic rings. The minimum absolute atomic E-state index is 0.0471. The number of hydrogen-bond donors (Lipinski definition) is 0. The standard InChI is InChI=1S/C16H8N4O6S/c21-13(9-1-5-11(6-2-9)19(23)24)15-17-16(27-18-15)14(22)10-3-7-12(8-4-10)20(25)26/h1-8H. The molecule has 0 atom stereocenters. The van der Waals surface area contributed by atoms with E-state index >= 15 is 0 Å². The Labute approximate surface area is 154 Å². The van der Waals surface area contributed by atoms with Crippen molar-refractivity contribution in [2.24, 2.45) is 0 Å². The summed E-state index contributed by atoms with van der Waals surface area (Å²) in [6, 6.07) is 9.89. The maximum atomic E-state index is 12.4. The number of hydrogen-bond acceptors (Lipinski definition) is 9. The summed E-state index contributed by atoms with van der Waals surface area (Å²) >= 11 is 0.720. The number of carbonyl (C=O) groups is 2. The molecule has 1 aromatic heterocycles. The van der Waals surface area contributed by atoms with E-state index in [9.17, 15) is 29.8 Å². The first-order valence-corrected chi connectivity index (χ1v) is 8.06. The number of ketones is 2. The average molecular weight is 384 g/mol. The van der Waals surface area contributed by atoms with Gasteiger partial charge < -0.3 is 0 Å². The molecule has 1 heterocycles. The first-order chi connectivity index (χ1) is 12.9. The summed E-state index contributed by atoms with van der Waals surface area (Å²) in [5, 5.41) is 21.2. The van der Waals surface area contributed by atoms with Gasteiger partial charge in [0.15, 0.2) is 5.01 Å². The highest BCUT2D eigenvalue weighted by molar-refractivity contribution is 7.08. The topological polar surface area (TPSA) is 146 Å². The number of rotatable bonds is 6. The molecule has 27 heavy (non-hydrogen) atoms. The predicted octanol–water partition coefficient (Wildman–Crippen LogP) is 2.82. The van der Waals surface area contributed by atoms with Crippen molar-refractivity contribution < 1.29 is 19.4 Å². The summed E-state index contributed by atoms with van der Waals surface area (Å²) in [4.78, 5) is 48.8. The van der Waals surface area contributed by atoms with Crippen LogP contribution in [0.3, 0.4) is 0 Å². The van der Waals surface area contributed by atoms with E-state index in [-0.39, 0.29) is 33.3 Å². The maximum absolute atomic E-state index is 12.4. The van der Waals surface area contributed by atoms with E-state index in [4.69, 9.17) is 0 Å². The van der Waals surface area contributed by atoms with Crippen molar-refractivity contribution in [1.82, 2.24) is 9.36 Å². The Morgan fingerprint density at radius 2 is 1.22 bits per heavy atom. The number of aromatic nitrogens is 2. The van der Waals surface area contributed by atoms with Crippen LogP contribution in [0, 0.1) is 20.2 Å². The third-order valence-corrected chi connectivity index (χ3v) is 4.22. The van der Waals surface area contributed by atoms with E-state index in [0.29, 0.717) is 0 Å². The molecular weight excluding hydrogens is 376 g/mol. The summed E-state index contributed by atoms with van der Waals surface area (Å²) in [6.45, 7) is 0. The van der Waals surface area contributed by atoms with Crippen LogP contribution < -0.4 is 0 Å². The quantitative estimate of drug-likeness (QED) is 0.358. The Morgan fingerprint density at radius 1 is 0.778 bits per heavy atom. The molecule has 0 fully saturated rings. The highest BCUT2D eigenvalue weighted by atomic mass is 32.1. The van der Waals surface area contributed by atoms with Gasteiger partial charge in [-0.2, -0.15) is 4.37 Å². The number of nitro benzene ring substituents is 2. The van der Waals surface area contributed by atoms with Crippen molar-refractivity contribution in [2.45, 2.75) is 0 Å². The summed E-state index contributed by atoms with van der Waals surface area (Å²) in [5.41, 5.74) is 0.00324. The van der Waals surface area contributed by atoms with Gasteiger partial charge in [0.2, 0.25) is 17.4 Å². The second-order valence-electron chi connectivity index (χ2n) is 5.19. The SMILES string of the molecule is O=C(c1ccc([N+](=O)[O-])cc1)c1nsc(C(=O)c2ccc([N+](=O)[O-])cc2)n1. The van der Waals surface area contributed by atoms with Gasteiger partial charge in [-0.3, -0.25) is 29.8 Å². The van der Waals surface area contributed by atoms with E-state index < -0.39 is 21.4 Å². The van der Waals surface area contributed by atoms with Gasteiger partial charge in [0.25, 0.3) is 11.4 Å².